The lowest BCUT2D eigenvalue weighted by molar-refractivity contribution is 0.0449. The van der Waals surface area contributed by atoms with Crippen molar-refractivity contribution in [1.29, 1.82) is 0 Å². The van der Waals surface area contributed by atoms with Crippen molar-refractivity contribution in [1.82, 2.24) is 0 Å². The lowest BCUT2D eigenvalue weighted by Crippen LogP contribution is -2.49. The van der Waals surface area contributed by atoms with E-state index in [1.807, 2.05) is 27.7 Å². The lowest BCUT2D eigenvalue weighted by atomic mass is 10.5. The Morgan fingerprint density at radius 3 is 1.93 bits per heavy atom. The molecule has 14 heavy (non-hydrogen) atoms. The van der Waals surface area contributed by atoms with Gasteiger partial charge in [0.05, 0.1) is 0 Å². The van der Waals surface area contributed by atoms with Crippen molar-refractivity contribution in [3.05, 3.63) is 0 Å². The fourth-order valence-corrected chi connectivity index (χ4v) is 3.87. The predicted octanol–water partition coefficient (Wildman–Crippen LogP) is 1.38. The zero-order valence-corrected chi connectivity index (χ0v) is 10.7. The van der Waals surface area contributed by atoms with Crippen molar-refractivity contribution in [2.45, 2.75) is 39.8 Å². The third-order valence-corrected chi connectivity index (χ3v) is 4.78. The van der Waals surface area contributed by atoms with Gasteiger partial charge in [-0.25, -0.2) is 0 Å². The van der Waals surface area contributed by atoms with Crippen LogP contribution in [0, 0.1) is 0 Å². The zero-order chi connectivity index (χ0) is 11.0. The van der Waals surface area contributed by atoms with E-state index in [1.54, 1.807) is 0 Å². The Morgan fingerprint density at radius 1 is 1.14 bits per heavy atom. The van der Waals surface area contributed by atoms with Crippen LogP contribution in [0.4, 0.5) is 0 Å². The molecular weight excluding hydrogens is 198 g/mol. The Morgan fingerprint density at radius 2 is 1.64 bits per heavy atom. The monoisotopic (exact) mass is 221 g/mol. The van der Waals surface area contributed by atoms with Crippen molar-refractivity contribution in [3.8, 4) is 0 Å². The van der Waals surface area contributed by atoms with Crippen LogP contribution in [0.2, 0.25) is 6.04 Å². The summed E-state index contributed by atoms with van der Waals surface area (Å²) in [5, 5.41) is 0. The van der Waals surface area contributed by atoms with Gasteiger partial charge in [0.1, 0.15) is 0 Å². The molecule has 0 aromatic rings. The van der Waals surface area contributed by atoms with Crippen LogP contribution in [-0.4, -0.2) is 34.7 Å². The molecule has 5 heteroatoms. The molecule has 0 amide bonds. The topological polar surface area (TPSA) is 53.7 Å². The summed E-state index contributed by atoms with van der Waals surface area (Å²) in [5.41, 5.74) is 5.55. The van der Waals surface area contributed by atoms with Gasteiger partial charge in [-0.1, -0.05) is 0 Å². The first-order valence-electron chi connectivity index (χ1n) is 5.26. The molecule has 0 fully saturated rings. The highest BCUT2D eigenvalue weighted by Gasteiger charge is 2.40. The second-order valence-electron chi connectivity index (χ2n) is 3.25. The Hall–Kier alpha value is 0.0569. The van der Waals surface area contributed by atoms with Gasteiger partial charge in [-0.15, -0.1) is 0 Å². The van der Waals surface area contributed by atoms with E-state index in [0.717, 1.165) is 0 Å². The molecule has 4 nitrogen and oxygen atoms in total. The molecular formula is C9H23NO3Si. The standard InChI is InChI=1S/C9H23NO3Si/c1-5-11-14(8-7-10,12-6-2)13-9(3)4/h9H,5-8,10H2,1-4H3. The minimum Gasteiger partial charge on any atom is -0.374 e. The van der Waals surface area contributed by atoms with E-state index in [-0.39, 0.29) is 6.10 Å². The van der Waals surface area contributed by atoms with Crippen molar-refractivity contribution < 1.29 is 13.3 Å². The van der Waals surface area contributed by atoms with Crippen molar-refractivity contribution >= 4 is 8.80 Å². The van der Waals surface area contributed by atoms with E-state index >= 15 is 0 Å². The predicted molar refractivity (Wildman–Crippen MR) is 59.1 cm³/mol. The highest BCUT2D eigenvalue weighted by atomic mass is 28.4. The van der Waals surface area contributed by atoms with Gasteiger partial charge in [0.2, 0.25) is 0 Å². The van der Waals surface area contributed by atoms with Crippen LogP contribution in [0.3, 0.4) is 0 Å². The molecule has 0 rings (SSSR count). The summed E-state index contributed by atoms with van der Waals surface area (Å²) >= 11 is 0. The van der Waals surface area contributed by atoms with Crippen molar-refractivity contribution in [3.63, 3.8) is 0 Å². The normalized spacial score (nSPS) is 12.4. The van der Waals surface area contributed by atoms with Crippen LogP contribution >= 0.6 is 0 Å². The number of nitrogens with two attached hydrogens (primary N) is 1. The number of rotatable bonds is 8. The lowest BCUT2D eigenvalue weighted by Gasteiger charge is -2.30. The highest BCUT2D eigenvalue weighted by molar-refractivity contribution is 6.60. The second-order valence-corrected chi connectivity index (χ2v) is 5.93. The zero-order valence-electron chi connectivity index (χ0n) is 9.71. The highest BCUT2D eigenvalue weighted by Crippen LogP contribution is 2.17. The molecule has 0 heterocycles. The first kappa shape index (κ1) is 14.1. The SMILES string of the molecule is CCO[Si](CCN)(OCC)OC(C)C. The Labute approximate surface area is 88.1 Å². The van der Waals surface area contributed by atoms with E-state index < -0.39 is 8.80 Å². The molecule has 0 atom stereocenters. The summed E-state index contributed by atoms with van der Waals surface area (Å²) in [6.45, 7) is 9.62. The number of hydrogen-bond acceptors (Lipinski definition) is 4. The molecule has 0 aromatic heterocycles. The minimum absolute atomic E-state index is 0.117. The van der Waals surface area contributed by atoms with Gasteiger partial charge in [0.25, 0.3) is 0 Å². The van der Waals surface area contributed by atoms with Gasteiger partial charge >= 0.3 is 8.80 Å². The molecule has 0 bridgehead atoms. The fraction of sp³-hybridized carbons (Fsp3) is 1.00. The summed E-state index contributed by atoms with van der Waals surface area (Å²) in [6.07, 6.45) is 0.117. The van der Waals surface area contributed by atoms with Gasteiger partial charge in [-0.05, 0) is 34.2 Å². The van der Waals surface area contributed by atoms with Crippen LogP contribution in [0.15, 0.2) is 0 Å². The molecule has 0 saturated heterocycles. The smallest absolute Gasteiger partial charge is 0.374 e. The second kappa shape index (κ2) is 7.36. The van der Waals surface area contributed by atoms with Gasteiger partial charge in [0.15, 0.2) is 0 Å². The number of hydrogen-bond donors (Lipinski definition) is 1. The first-order chi connectivity index (χ1) is 6.60. The van der Waals surface area contributed by atoms with Crippen LogP contribution in [0.25, 0.3) is 0 Å². The minimum atomic E-state index is -2.48. The third-order valence-electron chi connectivity index (χ3n) is 1.59. The molecule has 0 aliphatic carbocycles. The molecule has 0 aliphatic heterocycles. The van der Waals surface area contributed by atoms with Gasteiger partial charge in [-0.2, -0.15) is 0 Å². The van der Waals surface area contributed by atoms with E-state index in [4.69, 9.17) is 19.0 Å². The Kier molecular flexibility index (Phi) is 7.39. The van der Waals surface area contributed by atoms with Crippen molar-refractivity contribution in [2.75, 3.05) is 19.8 Å². The Bertz CT molecular complexity index is 127. The van der Waals surface area contributed by atoms with Gasteiger partial charge in [0, 0.05) is 25.4 Å². The van der Waals surface area contributed by atoms with Gasteiger partial charge < -0.3 is 19.0 Å². The Balaban J connectivity index is 4.37. The third kappa shape index (κ3) is 5.07. The van der Waals surface area contributed by atoms with Crippen LogP contribution in [0.5, 0.6) is 0 Å². The maximum Gasteiger partial charge on any atom is 0.502 e. The fourth-order valence-electron chi connectivity index (χ4n) is 1.29. The van der Waals surface area contributed by atoms with Crippen LogP contribution < -0.4 is 5.73 Å². The summed E-state index contributed by atoms with van der Waals surface area (Å²) in [6, 6.07) is 0.687. The largest absolute Gasteiger partial charge is 0.502 e. The van der Waals surface area contributed by atoms with E-state index in [0.29, 0.717) is 25.8 Å². The van der Waals surface area contributed by atoms with E-state index in [1.165, 1.54) is 0 Å². The summed E-state index contributed by atoms with van der Waals surface area (Å²) in [4.78, 5) is 0. The summed E-state index contributed by atoms with van der Waals surface area (Å²) < 4.78 is 17.0. The average molecular weight is 221 g/mol. The van der Waals surface area contributed by atoms with Crippen molar-refractivity contribution in [2.24, 2.45) is 5.73 Å². The molecule has 0 aromatic carbocycles. The quantitative estimate of drug-likeness (QED) is 0.629. The molecule has 0 spiro atoms. The first-order valence-corrected chi connectivity index (χ1v) is 7.19. The van der Waals surface area contributed by atoms with E-state index in [9.17, 15) is 0 Å². The maximum atomic E-state index is 5.77. The molecule has 0 aliphatic rings. The summed E-state index contributed by atoms with van der Waals surface area (Å²) in [7, 11) is -2.48. The maximum absolute atomic E-state index is 5.77. The molecule has 86 valence electrons. The van der Waals surface area contributed by atoms with Crippen LogP contribution in [-0.2, 0) is 13.3 Å². The molecule has 2 N–H and O–H groups in total. The average Bonchev–Trinajstić information content (AvgIpc) is 2.03. The summed E-state index contributed by atoms with van der Waals surface area (Å²) in [5.74, 6) is 0. The van der Waals surface area contributed by atoms with Gasteiger partial charge in [-0.3, -0.25) is 0 Å². The van der Waals surface area contributed by atoms with Crippen LogP contribution in [0.1, 0.15) is 27.7 Å². The molecule has 0 unspecified atom stereocenters. The molecule has 0 saturated carbocycles. The molecule has 0 radical (unpaired) electrons. The van der Waals surface area contributed by atoms with E-state index in [2.05, 4.69) is 0 Å².